The van der Waals surface area contributed by atoms with E-state index in [-0.39, 0.29) is 18.1 Å². The van der Waals surface area contributed by atoms with Crippen molar-refractivity contribution in [3.8, 4) is 0 Å². The van der Waals surface area contributed by atoms with Gasteiger partial charge >= 0.3 is 6.03 Å². The van der Waals surface area contributed by atoms with E-state index in [1.807, 2.05) is 20.8 Å². The normalized spacial score (nSPS) is 12.8. The van der Waals surface area contributed by atoms with Crippen molar-refractivity contribution in [3.63, 3.8) is 0 Å². The SMILES string of the molecule is CC(N)CCNC(=O)NC(C)C. The number of carbonyl (C=O) groups excluding carboxylic acids is 1. The lowest BCUT2D eigenvalue weighted by Crippen LogP contribution is -2.40. The van der Waals surface area contributed by atoms with Crippen LogP contribution in [0.15, 0.2) is 0 Å². The third-order valence-corrected chi connectivity index (χ3v) is 1.31. The van der Waals surface area contributed by atoms with Crippen molar-refractivity contribution >= 4 is 6.03 Å². The Balaban J connectivity index is 3.32. The van der Waals surface area contributed by atoms with Crippen molar-refractivity contribution in [1.82, 2.24) is 10.6 Å². The smallest absolute Gasteiger partial charge is 0.314 e. The molecule has 0 aromatic carbocycles. The van der Waals surface area contributed by atoms with Gasteiger partial charge in [0.1, 0.15) is 0 Å². The van der Waals surface area contributed by atoms with Crippen LogP contribution >= 0.6 is 0 Å². The van der Waals surface area contributed by atoms with Gasteiger partial charge in [0.2, 0.25) is 0 Å². The summed E-state index contributed by atoms with van der Waals surface area (Å²) in [4.78, 5) is 11.0. The van der Waals surface area contributed by atoms with Crippen molar-refractivity contribution in [3.05, 3.63) is 0 Å². The minimum atomic E-state index is -0.120. The van der Waals surface area contributed by atoms with Crippen LogP contribution in [0.5, 0.6) is 0 Å². The van der Waals surface area contributed by atoms with Crippen LogP contribution in [0.25, 0.3) is 0 Å². The fourth-order valence-electron chi connectivity index (χ4n) is 0.727. The summed E-state index contributed by atoms with van der Waals surface area (Å²) in [6, 6.07) is 0.204. The first-order valence-electron chi connectivity index (χ1n) is 4.32. The van der Waals surface area contributed by atoms with Gasteiger partial charge in [0.05, 0.1) is 0 Å². The van der Waals surface area contributed by atoms with Gasteiger partial charge in [0, 0.05) is 18.6 Å². The summed E-state index contributed by atoms with van der Waals surface area (Å²) in [7, 11) is 0. The van der Waals surface area contributed by atoms with Crippen LogP contribution in [0.1, 0.15) is 27.2 Å². The highest BCUT2D eigenvalue weighted by Crippen LogP contribution is 1.82. The molecule has 0 aromatic rings. The van der Waals surface area contributed by atoms with Crippen LogP contribution in [0, 0.1) is 0 Å². The van der Waals surface area contributed by atoms with Crippen molar-refractivity contribution < 1.29 is 4.79 Å². The number of urea groups is 1. The molecule has 4 N–H and O–H groups in total. The summed E-state index contributed by atoms with van der Waals surface area (Å²) >= 11 is 0. The van der Waals surface area contributed by atoms with E-state index in [4.69, 9.17) is 5.73 Å². The molecule has 12 heavy (non-hydrogen) atoms. The molecule has 0 radical (unpaired) electrons. The molecule has 0 saturated carbocycles. The van der Waals surface area contributed by atoms with E-state index in [1.165, 1.54) is 0 Å². The molecule has 0 rings (SSSR count). The Morgan fingerprint density at radius 2 is 2.00 bits per heavy atom. The Hall–Kier alpha value is -0.770. The summed E-state index contributed by atoms with van der Waals surface area (Å²) in [6.45, 7) is 6.40. The molecule has 0 heterocycles. The molecule has 0 aliphatic rings. The fraction of sp³-hybridized carbons (Fsp3) is 0.875. The van der Waals surface area contributed by atoms with E-state index in [2.05, 4.69) is 10.6 Å². The second kappa shape index (κ2) is 5.83. The number of hydrogen-bond donors (Lipinski definition) is 3. The van der Waals surface area contributed by atoms with Crippen molar-refractivity contribution in [2.24, 2.45) is 5.73 Å². The lowest BCUT2D eigenvalue weighted by atomic mass is 10.2. The summed E-state index contributed by atoms with van der Waals surface area (Å²) < 4.78 is 0. The molecular weight excluding hydrogens is 154 g/mol. The monoisotopic (exact) mass is 173 g/mol. The number of nitrogens with two attached hydrogens (primary N) is 1. The maximum Gasteiger partial charge on any atom is 0.314 e. The summed E-state index contributed by atoms with van der Waals surface area (Å²) in [6.07, 6.45) is 0.811. The van der Waals surface area contributed by atoms with Crippen LogP contribution < -0.4 is 16.4 Å². The molecule has 0 aromatic heterocycles. The van der Waals surface area contributed by atoms with E-state index in [1.54, 1.807) is 0 Å². The largest absolute Gasteiger partial charge is 0.338 e. The summed E-state index contributed by atoms with van der Waals surface area (Å²) in [5, 5.41) is 5.44. The van der Waals surface area contributed by atoms with E-state index in [9.17, 15) is 4.79 Å². The minimum absolute atomic E-state index is 0.120. The van der Waals surface area contributed by atoms with Gasteiger partial charge in [-0.2, -0.15) is 0 Å². The van der Waals surface area contributed by atoms with Crippen LogP contribution in [0.4, 0.5) is 4.79 Å². The van der Waals surface area contributed by atoms with E-state index < -0.39 is 0 Å². The van der Waals surface area contributed by atoms with Gasteiger partial charge in [-0.15, -0.1) is 0 Å². The molecule has 2 amide bonds. The molecule has 0 saturated heterocycles. The molecule has 1 atom stereocenters. The first kappa shape index (κ1) is 11.2. The minimum Gasteiger partial charge on any atom is -0.338 e. The second-order valence-electron chi connectivity index (χ2n) is 3.32. The van der Waals surface area contributed by atoms with E-state index in [0.717, 1.165) is 6.42 Å². The number of carbonyl (C=O) groups is 1. The predicted octanol–water partition coefficient (Wildman–Crippen LogP) is 0.431. The zero-order valence-electron chi connectivity index (χ0n) is 8.05. The number of rotatable bonds is 4. The molecular formula is C8H19N3O. The maximum absolute atomic E-state index is 11.0. The summed E-state index contributed by atoms with van der Waals surface area (Å²) in [5.41, 5.74) is 5.51. The lowest BCUT2D eigenvalue weighted by Gasteiger charge is -2.10. The Morgan fingerprint density at radius 1 is 1.42 bits per heavy atom. The van der Waals surface area contributed by atoms with Crippen LogP contribution in [0.3, 0.4) is 0 Å². The fourth-order valence-corrected chi connectivity index (χ4v) is 0.727. The Morgan fingerprint density at radius 3 is 2.42 bits per heavy atom. The maximum atomic E-state index is 11.0. The van der Waals surface area contributed by atoms with Gasteiger partial charge in [-0.25, -0.2) is 4.79 Å². The lowest BCUT2D eigenvalue weighted by molar-refractivity contribution is 0.238. The van der Waals surface area contributed by atoms with Crippen molar-refractivity contribution in [1.29, 1.82) is 0 Å². The molecule has 4 heteroatoms. The summed E-state index contributed by atoms with van der Waals surface area (Å²) in [5.74, 6) is 0. The molecule has 0 aliphatic heterocycles. The number of hydrogen-bond acceptors (Lipinski definition) is 2. The number of amides is 2. The van der Waals surface area contributed by atoms with E-state index >= 15 is 0 Å². The molecule has 1 unspecified atom stereocenters. The highest BCUT2D eigenvalue weighted by molar-refractivity contribution is 5.73. The van der Waals surface area contributed by atoms with Crippen molar-refractivity contribution in [2.75, 3.05) is 6.54 Å². The molecule has 0 aliphatic carbocycles. The molecule has 0 bridgehead atoms. The van der Waals surface area contributed by atoms with Crippen LogP contribution in [-0.4, -0.2) is 24.7 Å². The Labute approximate surface area is 73.9 Å². The van der Waals surface area contributed by atoms with Gasteiger partial charge in [0.25, 0.3) is 0 Å². The van der Waals surface area contributed by atoms with Crippen LogP contribution in [-0.2, 0) is 0 Å². The Bertz CT molecular complexity index is 134. The molecule has 0 fully saturated rings. The average Bonchev–Trinajstić information content (AvgIpc) is 1.84. The van der Waals surface area contributed by atoms with Gasteiger partial charge in [-0.1, -0.05) is 0 Å². The number of nitrogens with one attached hydrogen (secondary N) is 2. The standard InChI is InChI=1S/C8H19N3O/c1-6(2)11-8(12)10-5-4-7(3)9/h6-7H,4-5,9H2,1-3H3,(H2,10,11,12). The van der Waals surface area contributed by atoms with E-state index in [0.29, 0.717) is 6.54 Å². The predicted molar refractivity (Wildman–Crippen MR) is 49.9 cm³/mol. The van der Waals surface area contributed by atoms with Gasteiger partial charge in [-0.3, -0.25) is 0 Å². The average molecular weight is 173 g/mol. The first-order chi connectivity index (χ1) is 5.52. The third-order valence-electron chi connectivity index (χ3n) is 1.31. The Kier molecular flexibility index (Phi) is 5.45. The van der Waals surface area contributed by atoms with Gasteiger partial charge in [0.15, 0.2) is 0 Å². The highest BCUT2D eigenvalue weighted by Gasteiger charge is 2.01. The molecule has 4 nitrogen and oxygen atoms in total. The molecule has 0 spiro atoms. The highest BCUT2D eigenvalue weighted by atomic mass is 16.2. The quantitative estimate of drug-likeness (QED) is 0.577. The first-order valence-corrected chi connectivity index (χ1v) is 4.32. The van der Waals surface area contributed by atoms with Crippen molar-refractivity contribution in [2.45, 2.75) is 39.3 Å². The zero-order chi connectivity index (χ0) is 9.56. The molecule has 72 valence electrons. The zero-order valence-corrected chi connectivity index (χ0v) is 8.05. The van der Waals surface area contributed by atoms with Gasteiger partial charge in [-0.05, 0) is 27.2 Å². The third kappa shape index (κ3) is 7.34. The van der Waals surface area contributed by atoms with Gasteiger partial charge < -0.3 is 16.4 Å². The van der Waals surface area contributed by atoms with Crippen LogP contribution in [0.2, 0.25) is 0 Å². The topological polar surface area (TPSA) is 67.1 Å². The second-order valence-corrected chi connectivity index (χ2v) is 3.32.